The van der Waals surface area contributed by atoms with E-state index in [0.29, 0.717) is 19.5 Å². The van der Waals surface area contributed by atoms with Crippen LogP contribution in [0.3, 0.4) is 0 Å². The van der Waals surface area contributed by atoms with Crippen molar-refractivity contribution in [2.75, 3.05) is 12.3 Å². The number of nitrogens with two attached hydrogens (primary N) is 1. The van der Waals surface area contributed by atoms with E-state index in [1.165, 1.54) is 0 Å². The van der Waals surface area contributed by atoms with Crippen LogP contribution in [-0.4, -0.2) is 18.1 Å². The van der Waals surface area contributed by atoms with E-state index >= 15 is 0 Å². The van der Waals surface area contributed by atoms with E-state index in [1.807, 2.05) is 31.2 Å². The van der Waals surface area contributed by atoms with Crippen LogP contribution in [0.15, 0.2) is 24.3 Å². The molecule has 5 heteroatoms. The number of aromatic nitrogens is 1. The molecular weight excluding hydrogens is 248 g/mol. The largest absolute Gasteiger partial charge is 0.468 e. The molecule has 0 atom stereocenters. The highest BCUT2D eigenvalue weighted by molar-refractivity contribution is 7.15. The number of rotatable bonds is 5. The molecule has 18 heavy (non-hydrogen) atoms. The average molecular weight is 262 g/mol. The van der Waals surface area contributed by atoms with Crippen LogP contribution in [0.4, 0.5) is 5.69 Å². The molecule has 0 aliphatic rings. The summed E-state index contributed by atoms with van der Waals surface area (Å²) in [6.07, 6.45) is 0.706. The molecule has 0 fully saturated rings. The zero-order valence-electron chi connectivity index (χ0n) is 10.1. The molecule has 2 N–H and O–H groups in total. The first kappa shape index (κ1) is 12.6. The summed E-state index contributed by atoms with van der Waals surface area (Å²) in [6, 6.07) is 7.64. The number of carbonyl (C=O) groups is 1. The quantitative estimate of drug-likeness (QED) is 0.510. The summed E-state index contributed by atoms with van der Waals surface area (Å²) in [5.41, 5.74) is 8.44. The van der Waals surface area contributed by atoms with Crippen LogP contribution in [0.1, 0.15) is 10.6 Å². The van der Waals surface area contributed by atoms with Gasteiger partial charge in [-0.2, -0.15) is 0 Å². The zero-order chi connectivity index (χ0) is 13.0. The minimum Gasteiger partial charge on any atom is -0.468 e. The lowest BCUT2D eigenvalue weighted by Gasteiger charge is -1.97. The summed E-state index contributed by atoms with van der Waals surface area (Å²) >= 11 is 1.62. The maximum absolute atomic E-state index is 10.1. The van der Waals surface area contributed by atoms with Gasteiger partial charge in [0.15, 0.2) is 0 Å². The van der Waals surface area contributed by atoms with Gasteiger partial charge < -0.3 is 10.5 Å². The van der Waals surface area contributed by atoms with E-state index in [1.54, 1.807) is 11.3 Å². The molecule has 1 heterocycles. The first-order valence-corrected chi connectivity index (χ1v) is 6.40. The Kier molecular flexibility index (Phi) is 3.94. The fourth-order valence-electron chi connectivity index (χ4n) is 1.61. The molecule has 0 bridgehead atoms. The maximum Gasteiger partial charge on any atom is 0.293 e. The van der Waals surface area contributed by atoms with Gasteiger partial charge in [0.25, 0.3) is 6.47 Å². The maximum atomic E-state index is 10.1. The Morgan fingerprint density at radius 1 is 1.39 bits per heavy atom. The summed E-state index contributed by atoms with van der Waals surface area (Å²) in [4.78, 5) is 15.8. The van der Waals surface area contributed by atoms with E-state index in [9.17, 15) is 4.79 Å². The predicted molar refractivity (Wildman–Crippen MR) is 72.4 cm³/mol. The molecule has 0 amide bonds. The van der Waals surface area contributed by atoms with Crippen molar-refractivity contribution < 1.29 is 9.53 Å². The van der Waals surface area contributed by atoms with Crippen LogP contribution < -0.4 is 5.73 Å². The van der Waals surface area contributed by atoms with Crippen LogP contribution in [0.25, 0.3) is 10.6 Å². The van der Waals surface area contributed by atoms with Crippen molar-refractivity contribution >= 4 is 23.5 Å². The molecule has 4 nitrogen and oxygen atoms in total. The zero-order valence-corrected chi connectivity index (χ0v) is 10.9. The first-order chi connectivity index (χ1) is 8.70. The smallest absolute Gasteiger partial charge is 0.293 e. The van der Waals surface area contributed by atoms with Crippen molar-refractivity contribution in [3.63, 3.8) is 0 Å². The van der Waals surface area contributed by atoms with E-state index in [-0.39, 0.29) is 0 Å². The molecule has 1 aromatic carbocycles. The lowest BCUT2D eigenvalue weighted by Crippen LogP contribution is -1.95. The number of nitrogen functional groups attached to an aromatic ring is 1. The Labute approximate surface area is 109 Å². The van der Waals surface area contributed by atoms with E-state index in [0.717, 1.165) is 26.8 Å². The van der Waals surface area contributed by atoms with Crippen molar-refractivity contribution in [2.24, 2.45) is 0 Å². The fourth-order valence-corrected chi connectivity index (χ4v) is 2.66. The molecule has 1 aromatic heterocycles. The summed E-state index contributed by atoms with van der Waals surface area (Å²) in [6.45, 7) is 2.83. The molecule has 0 spiro atoms. The highest BCUT2D eigenvalue weighted by atomic mass is 32.1. The molecule has 2 rings (SSSR count). The number of hydrogen-bond acceptors (Lipinski definition) is 5. The van der Waals surface area contributed by atoms with Crippen LogP contribution in [0.2, 0.25) is 0 Å². The molecule has 0 unspecified atom stereocenters. The first-order valence-electron chi connectivity index (χ1n) is 5.58. The predicted octanol–water partition coefficient (Wildman–Crippen LogP) is 2.42. The van der Waals surface area contributed by atoms with Gasteiger partial charge in [-0.1, -0.05) is 0 Å². The molecule has 0 aliphatic carbocycles. The van der Waals surface area contributed by atoms with Crippen molar-refractivity contribution in [3.05, 3.63) is 34.8 Å². The molecule has 0 aliphatic heterocycles. The van der Waals surface area contributed by atoms with Gasteiger partial charge in [-0.3, -0.25) is 4.79 Å². The van der Waals surface area contributed by atoms with Gasteiger partial charge in [0.1, 0.15) is 5.01 Å². The molecular formula is C13H14N2O2S. The second-order valence-corrected chi connectivity index (χ2v) is 4.95. The highest BCUT2D eigenvalue weighted by Gasteiger charge is 2.09. The second kappa shape index (κ2) is 5.64. The SMILES string of the molecule is Cc1nc(-c2ccc(N)cc2)sc1CCOC=O. The van der Waals surface area contributed by atoms with Gasteiger partial charge >= 0.3 is 0 Å². The van der Waals surface area contributed by atoms with Gasteiger partial charge in [0.05, 0.1) is 12.3 Å². The number of carbonyl (C=O) groups excluding carboxylic acids is 1. The number of thiazole rings is 1. The van der Waals surface area contributed by atoms with E-state index < -0.39 is 0 Å². The Balaban J connectivity index is 2.17. The van der Waals surface area contributed by atoms with Gasteiger partial charge in [0.2, 0.25) is 0 Å². The van der Waals surface area contributed by atoms with Crippen molar-refractivity contribution in [1.82, 2.24) is 4.98 Å². The number of hydrogen-bond donors (Lipinski definition) is 1. The molecule has 0 saturated heterocycles. The Morgan fingerprint density at radius 3 is 2.78 bits per heavy atom. The number of nitrogens with zero attached hydrogens (tertiary/aromatic N) is 1. The normalized spacial score (nSPS) is 10.3. The average Bonchev–Trinajstić information content (AvgIpc) is 2.72. The number of benzene rings is 1. The van der Waals surface area contributed by atoms with Crippen LogP contribution in [-0.2, 0) is 16.0 Å². The molecule has 0 radical (unpaired) electrons. The third-order valence-electron chi connectivity index (χ3n) is 2.57. The van der Waals surface area contributed by atoms with Crippen LogP contribution in [0, 0.1) is 6.92 Å². The Morgan fingerprint density at radius 2 is 2.11 bits per heavy atom. The summed E-state index contributed by atoms with van der Waals surface area (Å²) < 4.78 is 4.70. The van der Waals surface area contributed by atoms with Gasteiger partial charge in [-0.25, -0.2) is 4.98 Å². The summed E-state index contributed by atoms with van der Waals surface area (Å²) in [5, 5.41) is 0.966. The Hall–Kier alpha value is -1.88. The fraction of sp³-hybridized carbons (Fsp3) is 0.231. The van der Waals surface area contributed by atoms with E-state index in [2.05, 4.69) is 4.98 Å². The van der Waals surface area contributed by atoms with Crippen LogP contribution >= 0.6 is 11.3 Å². The van der Waals surface area contributed by atoms with Gasteiger partial charge in [-0.05, 0) is 31.2 Å². The number of aryl methyl sites for hydroxylation is 1. The standard InChI is InChI=1S/C13H14N2O2S/c1-9-12(6-7-17-8-16)18-13(15-9)10-2-4-11(14)5-3-10/h2-5,8H,6-7,14H2,1H3. The van der Waals surface area contributed by atoms with Crippen molar-refractivity contribution in [1.29, 1.82) is 0 Å². The van der Waals surface area contributed by atoms with Crippen LogP contribution in [0.5, 0.6) is 0 Å². The van der Waals surface area contributed by atoms with Crippen molar-refractivity contribution in [2.45, 2.75) is 13.3 Å². The Bertz CT molecular complexity index is 534. The topological polar surface area (TPSA) is 65.2 Å². The lowest BCUT2D eigenvalue weighted by molar-refractivity contribution is -0.128. The molecule has 94 valence electrons. The third kappa shape index (κ3) is 2.87. The third-order valence-corrected chi connectivity index (χ3v) is 3.83. The van der Waals surface area contributed by atoms with Gasteiger partial charge in [-0.15, -0.1) is 11.3 Å². The summed E-state index contributed by atoms with van der Waals surface area (Å²) in [7, 11) is 0. The summed E-state index contributed by atoms with van der Waals surface area (Å²) in [5.74, 6) is 0. The van der Waals surface area contributed by atoms with Crippen molar-refractivity contribution in [3.8, 4) is 10.6 Å². The molecule has 2 aromatic rings. The lowest BCUT2D eigenvalue weighted by atomic mass is 10.2. The second-order valence-electron chi connectivity index (χ2n) is 3.87. The number of ether oxygens (including phenoxy) is 1. The minimum absolute atomic E-state index is 0.397. The van der Waals surface area contributed by atoms with Gasteiger partial charge in [0, 0.05) is 22.5 Å². The minimum atomic E-state index is 0.397. The monoisotopic (exact) mass is 262 g/mol. The highest BCUT2D eigenvalue weighted by Crippen LogP contribution is 2.28. The number of anilines is 1. The molecule has 0 saturated carbocycles. The van der Waals surface area contributed by atoms with E-state index in [4.69, 9.17) is 10.5 Å².